The molecule has 0 bridgehead atoms. The third-order valence-electron chi connectivity index (χ3n) is 2.98. The van der Waals surface area contributed by atoms with Crippen LogP contribution in [-0.4, -0.2) is 19.1 Å². The molecule has 1 heterocycles. The number of hydrogen-bond acceptors (Lipinski definition) is 3. The predicted octanol–water partition coefficient (Wildman–Crippen LogP) is 1.62. The van der Waals surface area contributed by atoms with E-state index in [4.69, 9.17) is 11.0 Å². The molecule has 1 saturated heterocycles. The van der Waals surface area contributed by atoms with Gasteiger partial charge in [-0.3, -0.25) is 0 Å². The van der Waals surface area contributed by atoms with E-state index < -0.39 is 5.82 Å². The SMILES string of the molecule is N#Cc1c(F)cccc1N1CCC(N)CC1. The number of benzene rings is 1. The van der Waals surface area contributed by atoms with E-state index >= 15 is 0 Å². The second kappa shape index (κ2) is 4.50. The van der Waals surface area contributed by atoms with Gasteiger partial charge in [-0.1, -0.05) is 6.07 Å². The molecule has 3 nitrogen and oxygen atoms in total. The second-order valence-corrected chi connectivity index (χ2v) is 4.07. The molecule has 0 spiro atoms. The highest BCUT2D eigenvalue weighted by atomic mass is 19.1. The van der Waals surface area contributed by atoms with Crippen LogP contribution < -0.4 is 10.6 Å². The summed E-state index contributed by atoms with van der Waals surface area (Å²) in [5, 5.41) is 8.94. The lowest BCUT2D eigenvalue weighted by Crippen LogP contribution is -2.40. The summed E-state index contributed by atoms with van der Waals surface area (Å²) in [6.07, 6.45) is 1.78. The summed E-state index contributed by atoms with van der Waals surface area (Å²) < 4.78 is 13.4. The van der Waals surface area contributed by atoms with Crippen molar-refractivity contribution < 1.29 is 4.39 Å². The van der Waals surface area contributed by atoms with Gasteiger partial charge in [-0.05, 0) is 25.0 Å². The maximum atomic E-state index is 13.4. The van der Waals surface area contributed by atoms with Crippen LogP contribution in [0.25, 0.3) is 0 Å². The second-order valence-electron chi connectivity index (χ2n) is 4.07. The van der Waals surface area contributed by atoms with Gasteiger partial charge in [0, 0.05) is 19.1 Å². The van der Waals surface area contributed by atoms with Crippen LogP contribution in [0.2, 0.25) is 0 Å². The Bertz CT molecular complexity index is 417. The van der Waals surface area contributed by atoms with E-state index in [1.807, 2.05) is 11.0 Å². The largest absolute Gasteiger partial charge is 0.370 e. The average Bonchev–Trinajstić information content (AvgIpc) is 2.30. The molecule has 0 amide bonds. The number of rotatable bonds is 1. The van der Waals surface area contributed by atoms with Gasteiger partial charge < -0.3 is 10.6 Å². The van der Waals surface area contributed by atoms with E-state index in [2.05, 4.69) is 0 Å². The van der Waals surface area contributed by atoms with Gasteiger partial charge in [0.05, 0.1) is 5.69 Å². The van der Waals surface area contributed by atoms with Gasteiger partial charge in [0.1, 0.15) is 17.4 Å². The number of nitrogens with zero attached hydrogens (tertiary/aromatic N) is 2. The highest BCUT2D eigenvalue weighted by Crippen LogP contribution is 2.25. The Morgan fingerprint density at radius 1 is 1.38 bits per heavy atom. The highest BCUT2D eigenvalue weighted by molar-refractivity contribution is 5.60. The Labute approximate surface area is 94.3 Å². The molecule has 2 N–H and O–H groups in total. The van der Waals surface area contributed by atoms with Crippen LogP contribution in [0, 0.1) is 17.1 Å². The van der Waals surface area contributed by atoms with Crippen molar-refractivity contribution in [2.24, 2.45) is 5.73 Å². The van der Waals surface area contributed by atoms with Gasteiger partial charge in [0.15, 0.2) is 0 Å². The number of anilines is 1. The Morgan fingerprint density at radius 2 is 2.06 bits per heavy atom. The average molecular weight is 219 g/mol. The molecular formula is C12H14FN3. The van der Waals surface area contributed by atoms with Crippen molar-refractivity contribution in [2.75, 3.05) is 18.0 Å². The molecule has 0 aliphatic carbocycles. The molecule has 1 aromatic carbocycles. The molecule has 0 radical (unpaired) electrons. The minimum absolute atomic E-state index is 0.137. The lowest BCUT2D eigenvalue weighted by molar-refractivity contribution is 0.500. The first-order valence-corrected chi connectivity index (χ1v) is 5.41. The molecular weight excluding hydrogens is 205 g/mol. The van der Waals surface area contributed by atoms with E-state index in [1.54, 1.807) is 12.1 Å². The quantitative estimate of drug-likeness (QED) is 0.781. The van der Waals surface area contributed by atoms with Gasteiger partial charge in [-0.25, -0.2) is 4.39 Å². The van der Waals surface area contributed by atoms with Crippen molar-refractivity contribution >= 4 is 5.69 Å². The molecule has 1 aliphatic rings. The van der Waals surface area contributed by atoms with Crippen LogP contribution >= 0.6 is 0 Å². The fourth-order valence-electron chi connectivity index (χ4n) is 2.03. The zero-order chi connectivity index (χ0) is 11.5. The summed E-state index contributed by atoms with van der Waals surface area (Å²) >= 11 is 0. The number of nitrogens with two attached hydrogens (primary N) is 1. The molecule has 1 fully saturated rings. The fourth-order valence-corrected chi connectivity index (χ4v) is 2.03. The van der Waals surface area contributed by atoms with Crippen molar-refractivity contribution in [1.82, 2.24) is 0 Å². The van der Waals surface area contributed by atoms with E-state index in [0.29, 0.717) is 5.69 Å². The first kappa shape index (κ1) is 10.9. The van der Waals surface area contributed by atoms with Gasteiger partial charge in [0.25, 0.3) is 0 Å². The van der Waals surface area contributed by atoms with E-state index in [-0.39, 0.29) is 11.6 Å². The monoisotopic (exact) mass is 219 g/mol. The zero-order valence-electron chi connectivity index (χ0n) is 8.99. The Balaban J connectivity index is 2.27. The van der Waals surface area contributed by atoms with Gasteiger partial charge in [-0.15, -0.1) is 0 Å². The molecule has 4 heteroatoms. The smallest absolute Gasteiger partial charge is 0.143 e. The molecule has 0 aromatic heterocycles. The van der Waals surface area contributed by atoms with Gasteiger partial charge in [0.2, 0.25) is 0 Å². The van der Waals surface area contributed by atoms with Crippen molar-refractivity contribution in [3.8, 4) is 6.07 Å². The van der Waals surface area contributed by atoms with Gasteiger partial charge >= 0.3 is 0 Å². The topological polar surface area (TPSA) is 53.0 Å². The minimum atomic E-state index is -0.449. The zero-order valence-corrected chi connectivity index (χ0v) is 8.99. The number of halogens is 1. The third-order valence-corrected chi connectivity index (χ3v) is 2.98. The Morgan fingerprint density at radius 3 is 2.69 bits per heavy atom. The number of nitriles is 1. The van der Waals surface area contributed by atoms with E-state index in [1.165, 1.54) is 6.07 Å². The lowest BCUT2D eigenvalue weighted by Gasteiger charge is -2.32. The van der Waals surface area contributed by atoms with Gasteiger partial charge in [-0.2, -0.15) is 5.26 Å². The summed E-state index contributed by atoms with van der Waals surface area (Å²) in [6.45, 7) is 1.58. The number of piperidine rings is 1. The molecule has 16 heavy (non-hydrogen) atoms. The van der Waals surface area contributed by atoms with Crippen LogP contribution in [0.1, 0.15) is 18.4 Å². The van der Waals surface area contributed by atoms with Crippen LogP contribution in [0.3, 0.4) is 0 Å². The van der Waals surface area contributed by atoms with Crippen molar-refractivity contribution in [3.63, 3.8) is 0 Å². The standard InChI is InChI=1S/C12H14FN3/c13-11-2-1-3-12(10(11)8-14)16-6-4-9(15)5-7-16/h1-3,9H,4-7,15H2. The number of hydrogen-bond donors (Lipinski definition) is 1. The molecule has 0 unspecified atom stereocenters. The Hall–Kier alpha value is -1.60. The molecule has 0 saturated carbocycles. The maximum Gasteiger partial charge on any atom is 0.143 e. The summed E-state index contributed by atoms with van der Waals surface area (Å²) in [5.41, 5.74) is 6.64. The normalized spacial score (nSPS) is 17.2. The molecule has 1 aromatic rings. The lowest BCUT2D eigenvalue weighted by atomic mass is 10.0. The molecule has 84 valence electrons. The molecule has 1 aliphatic heterocycles. The van der Waals surface area contributed by atoms with Crippen LogP contribution in [0.5, 0.6) is 0 Å². The summed E-state index contributed by atoms with van der Waals surface area (Å²) in [5.74, 6) is -0.449. The van der Waals surface area contributed by atoms with Crippen molar-refractivity contribution in [1.29, 1.82) is 5.26 Å². The molecule has 0 atom stereocenters. The third kappa shape index (κ3) is 2.00. The van der Waals surface area contributed by atoms with Crippen molar-refractivity contribution in [2.45, 2.75) is 18.9 Å². The van der Waals surface area contributed by atoms with Crippen LogP contribution in [-0.2, 0) is 0 Å². The summed E-state index contributed by atoms with van der Waals surface area (Å²) in [6, 6.07) is 6.90. The van der Waals surface area contributed by atoms with Crippen molar-refractivity contribution in [3.05, 3.63) is 29.6 Å². The fraction of sp³-hybridized carbons (Fsp3) is 0.417. The summed E-state index contributed by atoms with van der Waals surface area (Å²) in [4.78, 5) is 2.03. The maximum absolute atomic E-state index is 13.4. The van der Waals surface area contributed by atoms with Crippen LogP contribution in [0.15, 0.2) is 18.2 Å². The van der Waals surface area contributed by atoms with E-state index in [0.717, 1.165) is 25.9 Å². The van der Waals surface area contributed by atoms with Crippen LogP contribution in [0.4, 0.5) is 10.1 Å². The highest BCUT2D eigenvalue weighted by Gasteiger charge is 2.19. The predicted molar refractivity (Wildman–Crippen MR) is 60.5 cm³/mol. The molecule has 2 rings (SSSR count). The Kier molecular flexibility index (Phi) is 3.07. The first-order valence-electron chi connectivity index (χ1n) is 5.41. The van der Waals surface area contributed by atoms with E-state index in [9.17, 15) is 4.39 Å². The first-order chi connectivity index (χ1) is 7.72. The summed E-state index contributed by atoms with van der Waals surface area (Å²) in [7, 11) is 0. The minimum Gasteiger partial charge on any atom is -0.370 e.